The van der Waals surface area contributed by atoms with Crippen molar-refractivity contribution in [2.75, 3.05) is 7.11 Å². The fourth-order valence-electron chi connectivity index (χ4n) is 2.53. The summed E-state index contributed by atoms with van der Waals surface area (Å²) in [6, 6.07) is 4.21. The van der Waals surface area contributed by atoms with Crippen molar-refractivity contribution in [3.8, 4) is 11.5 Å². The van der Waals surface area contributed by atoms with E-state index in [4.69, 9.17) is 15.2 Å². The molecule has 0 bridgehead atoms. The van der Waals surface area contributed by atoms with E-state index in [2.05, 4.69) is 28.9 Å². The van der Waals surface area contributed by atoms with E-state index in [0.717, 1.165) is 28.8 Å². The van der Waals surface area contributed by atoms with E-state index in [0.29, 0.717) is 0 Å². The maximum atomic E-state index is 6.16. The molecule has 1 fully saturated rings. The molecular weight excluding hydrogens is 306 g/mol. The molecule has 0 aliphatic heterocycles. The Morgan fingerprint density at radius 1 is 1.21 bits per heavy atom. The van der Waals surface area contributed by atoms with Crippen molar-refractivity contribution in [1.29, 1.82) is 0 Å². The molecule has 2 N–H and O–H groups in total. The molecule has 3 nitrogen and oxygen atoms in total. The van der Waals surface area contributed by atoms with Gasteiger partial charge in [0.15, 0.2) is 11.5 Å². The first-order valence-electron chi connectivity index (χ1n) is 6.71. The Labute approximate surface area is 123 Å². The minimum absolute atomic E-state index is 0.0974. The lowest BCUT2D eigenvalue weighted by Gasteiger charge is -2.24. The first-order chi connectivity index (χ1) is 8.90. The highest BCUT2D eigenvalue weighted by atomic mass is 79.9. The Balaban J connectivity index is 2.45. The highest BCUT2D eigenvalue weighted by Crippen LogP contribution is 2.54. The maximum absolute atomic E-state index is 6.16. The summed E-state index contributed by atoms with van der Waals surface area (Å²) >= 11 is 3.64. The highest BCUT2D eigenvalue weighted by molar-refractivity contribution is 9.10. The monoisotopic (exact) mass is 327 g/mol. The van der Waals surface area contributed by atoms with Crippen molar-refractivity contribution in [3.05, 3.63) is 22.2 Å². The normalized spacial score (nSPS) is 18.3. The first kappa shape index (κ1) is 14.7. The van der Waals surface area contributed by atoms with Crippen molar-refractivity contribution >= 4 is 15.9 Å². The Bertz CT molecular complexity index is 467. The Kier molecular flexibility index (Phi) is 4.11. The largest absolute Gasteiger partial charge is 0.493 e. The third kappa shape index (κ3) is 2.75. The van der Waals surface area contributed by atoms with Crippen molar-refractivity contribution < 1.29 is 9.47 Å². The molecule has 106 valence electrons. The van der Waals surface area contributed by atoms with Crippen LogP contribution in [0.25, 0.3) is 0 Å². The molecule has 1 aliphatic rings. The van der Waals surface area contributed by atoms with E-state index in [1.807, 2.05) is 19.9 Å². The smallest absolute Gasteiger partial charge is 0.161 e. The van der Waals surface area contributed by atoms with Gasteiger partial charge < -0.3 is 15.2 Å². The van der Waals surface area contributed by atoms with Crippen LogP contribution in [0.3, 0.4) is 0 Å². The van der Waals surface area contributed by atoms with Crippen molar-refractivity contribution in [2.45, 2.75) is 51.2 Å². The van der Waals surface area contributed by atoms with E-state index >= 15 is 0 Å². The predicted molar refractivity (Wildman–Crippen MR) is 81.0 cm³/mol. The van der Waals surface area contributed by atoms with Gasteiger partial charge in [0, 0.05) is 15.9 Å². The minimum Gasteiger partial charge on any atom is -0.493 e. The predicted octanol–water partition coefficient (Wildman–Crippen LogP) is 3.62. The zero-order valence-electron chi connectivity index (χ0n) is 12.0. The number of halogens is 1. The van der Waals surface area contributed by atoms with Crippen LogP contribution in [0.15, 0.2) is 16.6 Å². The molecule has 0 radical (unpaired) electrons. The maximum Gasteiger partial charge on any atom is 0.161 e. The van der Waals surface area contributed by atoms with Gasteiger partial charge >= 0.3 is 0 Å². The summed E-state index contributed by atoms with van der Waals surface area (Å²) in [6.45, 7) is 6.10. The van der Waals surface area contributed by atoms with Crippen LogP contribution in [0, 0.1) is 0 Å². The molecule has 2 rings (SSSR count). The summed E-state index contributed by atoms with van der Waals surface area (Å²) < 4.78 is 12.3. The van der Waals surface area contributed by atoms with Gasteiger partial charge in [0.2, 0.25) is 0 Å². The van der Waals surface area contributed by atoms with E-state index in [-0.39, 0.29) is 17.6 Å². The van der Waals surface area contributed by atoms with Crippen molar-refractivity contribution in [3.63, 3.8) is 0 Å². The molecule has 0 heterocycles. The summed E-state index contributed by atoms with van der Waals surface area (Å²) in [5.74, 6) is 1.55. The molecule has 1 atom stereocenters. The molecule has 1 aromatic rings. The topological polar surface area (TPSA) is 44.5 Å². The Hall–Kier alpha value is -0.740. The molecule has 1 unspecified atom stereocenters. The number of benzene rings is 1. The van der Waals surface area contributed by atoms with Crippen molar-refractivity contribution in [1.82, 2.24) is 0 Å². The summed E-state index contributed by atoms with van der Waals surface area (Å²) in [5, 5.41) is 0. The molecule has 1 aromatic carbocycles. The lowest BCUT2D eigenvalue weighted by molar-refractivity contribution is 0.229. The molecule has 4 heteroatoms. The molecule has 1 aliphatic carbocycles. The Morgan fingerprint density at radius 2 is 1.84 bits per heavy atom. The molecule has 1 saturated carbocycles. The Morgan fingerprint density at radius 3 is 2.26 bits per heavy atom. The number of nitrogens with two attached hydrogens (primary N) is 1. The lowest BCUT2D eigenvalue weighted by Crippen LogP contribution is -2.31. The van der Waals surface area contributed by atoms with Gasteiger partial charge in [0.05, 0.1) is 13.2 Å². The number of ether oxygens (including phenoxy) is 2. The van der Waals surface area contributed by atoms with Gasteiger partial charge in [-0.25, -0.2) is 0 Å². The SMILES string of the molecule is COc1cc(Br)c(C2(C(C)N)CC2)cc1OC(C)C. The van der Waals surface area contributed by atoms with Gasteiger partial charge in [-0.3, -0.25) is 0 Å². The van der Waals surface area contributed by atoms with Crippen LogP contribution in [-0.2, 0) is 5.41 Å². The quantitative estimate of drug-likeness (QED) is 0.898. The standard InChI is InChI=1S/C15H22BrNO2/c1-9(2)19-14-7-11(12(16)8-13(14)18-4)15(5-6-15)10(3)17/h7-10H,5-6,17H2,1-4H3. The van der Waals surface area contributed by atoms with Crippen LogP contribution < -0.4 is 15.2 Å². The fraction of sp³-hybridized carbons (Fsp3) is 0.600. The van der Waals surface area contributed by atoms with Gasteiger partial charge in [-0.05, 0) is 51.3 Å². The molecule has 0 saturated heterocycles. The molecule has 0 aromatic heterocycles. The summed E-state index contributed by atoms with van der Waals surface area (Å²) in [6.07, 6.45) is 2.39. The summed E-state index contributed by atoms with van der Waals surface area (Å²) in [7, 11) is 1.66. The molecule has 0 spiro atoms. The van der Waals surface area contributed by atoms with E-state index in [9.17, 15) is 0 Å². The third-order valence-electron chi connectivity index (χ3n) is 3.81. The van der Waals surface area contributed by atoms with Gasteiger partial charge in [-0.15, -0.1) is 0 Å². The van der Waals surface area contributed by atoms with Crippen LogP contribution in [0.2, 0.25) is 0 Å². The van der Waals surface area contributed by atoms with Crippen LogP contribution in [0.1, 0.15) is 39.2 Å². The zero-order chi connectivity index (χ0) is 14.2. The molecule has 0 amide bonds. The average Bonchev–Trinajstić information content (AvgIpc) is 3.11. The van der Waals surface area contributed by atoms with Gasteiger partial charge in [0.25, 0.3) is 0 Å². The lowest BCUT2D eigenvalue weighted by atomic mass is 9.89. The number of hydrogen-bond donors (Lipinski definition) is 1. The van der Waals surface area contributed by atoms with Crippen molar-refractivity contribution in [2.24, 2.45) is 5.73 Å². The second-order valence-corrected chi connectivity index (χ2v) is 6.45. The molecule has 19 heavy (non-hydrogen) atoms. The molecular formula is C15H22BrNO2. The fourth-order valence-corrected chi connectivity index (χ4v) is 3.24. The van der Waals surface area contributed by atoms with Crippen LogP contribution >= 0.6 is 15.9 Å². The van der Waals surface area contributed by atoms with E-state index in [1.165, 1.54) is 5.56 Å². The van der Waals surface area contributed by atoms with Crippen LogP contribution in [0.4, 0.5) is 0 Å². The first-order valence-corrected chi connectivity index (χ1v) is 7.50. The zero-order valence-corrected chi connectivity index (χ0v) is 13.6. The van der Waals surface area contributed by atoms with E-state index in [1.54, 1.807) is 7.11 Å². The van der Waals surface area contributed by atoms with Gasteiger partial charge in [-0.2, -0.15) is 0 Å². The van der Waals surface area contributed by atoms with Crippen LogP contribution in [0.5, 0.6) is 11.5 Å². The second kappa shape index (κ2) is 5.33. The average molecular weight is 328 g/mol. The third-order valence-corrected chi connectivity index (χ3v) is 4.47. The summed E-state index contributed by atoms with van der Waals surface area (Å²) in [5.41, 5.74) is 7.50. The highest BCUT2D eigenvalue weighted by Gasteiger charge is 2.48. The van der Waals surface area contributed by atoms with Crippen LogP contribution in [-0.4, -0.2) is 19.3 Å². The summed E-state index contributed by atoms with van der Waals surface area (Å²) in [4.78, 5) is 0. The van der Waals surface area contributed by atoms with E-state index < -0.39 is 0 Å². The van der Waals surface area contributed by atoms with Gasteiger partial charge in [-0.1, -0.05) is 15.9 Å². The minimum atomic E-state index is 0.0974. The van der Waals surface area contributed by atoms with Gasteiger partial charge in [0.1, 0.15) is 0 Å². The second-order valence-electron chi connectivity index (χ2n) is 5.59. The number of methoxy groups -OCH3 is 1. The number of rotatable bonds is 5. The number of hydrogen-bond acceptors (Lipinski definition) is 3.